The first-order chi connectivity index (χ1) is 9.70. The normalized spacial score (nSPS) is 19.2. The van der Waals surface area contributed by atoms with Crippen molar-refractivity contribution in [1.29, 1.82) is 0 Å². The zero-order chi connectivity index (χ0) is 13.9. The molecule has 1 fully saturated rings. The van der Waals surface area contributed by atoms with Gasteiger partial charge in [0.05, 0.1) is 12.7 Å². The molecule has 0 aliphatic carbocycles. The summed E-state index contributed by atoms with van der Waals surface area (Å²) in [6.07, 6.45) is 1.77. The maximum Gasteiger partial charge on any atom is 0.209 e. The molecule has 6 heteroatoms. The molecule has 4 nitrogen and oxygen atoms in total. The van der Waals surface area contributed by atoms with Crippen molar-refractivity contribution in [2.45, 2.75) is 19.5 Å². The van der Waals surface area contributed by atoms with Gasteiger partial charge >= 0.3 is 0 Å². The van der Waals surface area contributed by atoms with Crippen LogP contribution in [0.2, 0.25) is 5.02 Å². The summed E-state index contributed by atoms with van der Waals surface area (Å²) in [5, 5.41) is 4.13. The molecule has 1 atom stereocenters. The van der Waals surface area contributed by atoms with Crippen LogP contribution in [0.3, 0.4) is 0 Å². The summed E-state index contributed by atoms with van der Waals surface area (Å²) in [6, 6.07) is 8.15. The number of benzene rings is 1. The number of halogens is 2. The maximum absolute atomic E-state index is 6.00. The molecule has 1 N–H and O–H groups in total. The Bertz CT molecular complexity index is 588. The predicted octanol–water partition coefficient (Wildman–Crippen LogP) is 3.21. The third kappa shape index (κ3) is 4.20. The SMILES string of the molecule is C[C@@H]1CN(Cc2ncc(-c3cccc(Cl)c3)o2)CCN1.Cl. The fourth-order valence-electron chi connectivity index (χ4n) is 2.51. The summed E-state index contributed by atoms with van der Waals surface area (Å²) in [5.41, 5.74) is 0.963. The molecule has 1 aromatic carbocycles. The number of nitrogens with zero attached hydrogens (tertiary/aromatic N) is 2. The summed E-state index contributed by atoms with van der Waals surface area (Å²) < 4.78 is 5.83. The van der Waals surface area contributed by atoms with Gasteiger partial charge in [-0.05, 0) is 19.1 Å². The molecular formula is C15H19Cl2N3O. The van der Waals surface area contributed by atoms with Crippen molar-refractivity contribution < 1.29 is 4.42 Å². The van der Waals surface area contributed by atoms with E-state index in [0.717, 1.165) is 43.4 Å². The quantitative estimate of drug-likeness (QED) is 0.939. The van der Waals surface area contributed by atoms with E-state index in [1.165, 1.54) is 0 Å². The number of rotatable bonds is 3. The van der Waals surface area contributed by atoms with Crippen molar-refractivity contribution in [3.05, 3.63) is 41.4 Å². The van der Waals surface area contributed by atoms with Crippen molar-refractivity contribution in [3.63, 3.8) is 0 Å². The van der Waals surface area contributed by atoms with Gasteiger partial charge in [-0.2, -0.15) is 0 Å². The highest BCUT2D eigenvalue weighted by atomic mass is 35.5. The lowest BCUT2D eigenvalue weighted by Gasteiger charge is -2.30. The summed E-state index contributed by atoms with van der Waals surface area (Å²) >= 11 is 6.00. The highest BCUT2D eigenvalue weighted by Gasteiger charge is 2.17. The number of nitrogens with one attached hydrogen (secondary N) is 1. The average Bonchev–Trinajstić information content (AvgIpc) is 2.87. The molecule has 0 amide bonds. The van der Waals surface area contributed by atoms with Crippen LogP contribution in [0.4, 0.5) is 0 Å². The molecule has 1 saturated heterocycles. The Morgan fingerprint density at radius 1 is 1.48 bits per heavy atom. The molecule has 1 aromatic heterocycles. The summed E-state index contributed by atoms with van der Waals surface area (Å²) in [5.74, 6) is 1.53. The smallest absolute Gasteiger partial charge is 0.209 e. The first-order valence-corrected chi connectivity index (χ1v) is 7.25. The van der Waals surface area contributed by atoms with E-state index in [-0.39, 0.29) is 12.4 Å². The lowest BCUT2D eigenvalue weighted by atomic mass is 10.2. The summed E-state index contributed by atoms with van der Waals surface area (Å²) in [7, 11) is 0. The van der Waals surface area contributed by atoms with Gasteiger partial charge in [0.1, 0.15) is 0 Å². The lowest BCUT2D eigenvalue weighted by Crippen LogP contribution is -2.48. The minimum absolute atomic E-state index is 0. The van der Waals surface area contributed by atoms with Crippen LogP contribution < -0.4 is 5.32 Å². The number of aromatic nitrogens is 1. The minimum Gasteiger partial charge on any atom is -0.439 e. The first kappa shape index (κ1) is 16.3. The highest BCUT2D eigenvalue weighted by Crippen LogP contribution is 2.23. The van der Waals surface area contributed by atoms with Crippen LogP contribution in [0.15, 0.2) is 34.9 Å². The Morgan fingerprint density at radius 2 is 2.33 bits per heavy atom. The standard InChI is InChI=1S/C15H18ClN3O.ClH/c1-11-9-19(6-5-17-11)10-15-18-8-14(20-15)12-3-2-4-13(16)7-12;/h2-4,7-8,11,17H,5-6,9-10H2,1H3;1H/t11-;/m1./s1. The monoisotopic (exact) mass is 327 g/mol. The van der Waals surface area contributed by atoms with Crippen LogP contribution >= 0.6 is 24.0 Å². The summed E-state index contributed by atoms with van der Waals surface area (Å²) in [6.45, 7) is 6.02. The van der Waals surface area contributed by atoms with Gasteiger partial charge in [-0.15, -0.1) is 12.4 Å². The van der Waals surface area contributed by atoms with Gasteiger partial charge in [0.15, 0.2) is 5.76 Å². The molecule has 1 aliphatic heterocycles. The number of hydrogen-bond acceptors (Lipinski definition) is 4. The average molecular weight is 328 g/mol. The fraction of sp³-hybridized carbons (Fsp3) is 0.400. The van der Waals surface area contributed by atoms with Crippen molar-refractivity contribution in [3.8, 4) is 11.3 Å². The molecule has 3 rings (SSSR count). The van der Waals surface area contributed by atoms with E-state index < -0.39 is 0 Å². The third-order valence-corrected chi connectivity index (χ3v) is 3.71. The zero-order valence-corrected chi connectivity index (χ0v) is 13.5. The molecule has 0 unspecified atom stereocenters. The van der Waals surface area contributed by atoms with Gasteiger partial charge in [0.2, 0.25) is 5.89 Å². The second-order valence-electron chi connectivity index (χ2n) is 5.22. The molecule has 0 spiro atoms. The van der Waals surface area contributed by atoms with E-state index in [9.17, 15) is 0 Å². The van der Waals surface area contributed by atoms with Crippen LogP contribution in [0.5, 0.6) is 0 Å². The molecule has 0 bridgehead atoms. The van der Waals surface area contributed by atoms with Crippen LogP contribution in [0, 0.1) is 0 Å². The Kier molecular flexibility index (Phi) is 5.65. The van der Waals surface area contributed by atoms with E-state index in [2.05, 4.69) is 22.1 Å². The lowest BCUT2D eigenvalue weighted by molar-refractivity contribution is 0.184. The molecular weight excluding hydrogens is 309 g/mol. The van der Waals surface area contributed by atoms with Gasteiger partial charge in [0, 0.05) is 36.3 Å². The number of piperazine rings is 1. The topological polar surface area (TPSA) is 41.3 Å². The van der Waals surface area contributed by atoms with Crippen molar-refractivity contribution in [1.82, 2.24) is 15.2 Å². The van der Waals surface area contributed by atoms with Crippen LogP contribution in [-0.2, 0) is 6.54 Å². The Hall–Kier alpha value is -1.07. The Labute approximate surface area is 135 Å². The van der Waals surface area contributed by atoms with Gasteiger partial charge < -0.3 is 9.73 Å². The molecule has 0 saturated carbocycles. The van der Waals surface area contributed by atoms with E-state index in [0.29, 0.717) is 11.1 Å². The zero-order valence-electron chi connectivity index (χ0n) is 11.9. The molecule has 114 valence electrons. The van der Waals surface area contributed by atoms with Crippen molar-refractivity contribution in [2.24, 2.45) is 0 Å². The van der Waals surface area contributed by atoms with Crippen LogP contribution in [0.1, 0.15) is 12.8 Å². The molecule has 1 aliphatic rings. The Balaban J connectivity index is 0.00000161. The second-order valence-corrected chi connectivity index (χ2v) is 5.66. The van der Waals surface area contributed by atoms with E-state index in [1.54, 1.807) is 6.20 Å². The first-order valence-electron chi connectivity index (χ1n) is 6.87. The van der Waals surface area contributed by atoms with E-state index in [4.69, 9.17) is 16.0 Å². The largest absolute Gasteiger partial charge is 0.439 e. The molecule has 0 radical (unpaired) electrons. The number of hydrogen-bond donors (Lipinski definition) is 1. The van der Waals surface area contributed by atoms with Crippen LogP contribution in [0.25, 0.3) is 11.3 Å². The Morgan fingerprint density at radius 3 is 3.10 bits per heavy atom. The second kappa shape index (κ2) is 7.27. The van der Waals surface area contributed by atoms with Gasteiger partial charge in [0.25, 0.3) is 0 Å². The van der Waals surface area contributed by atoms with Crippen LogP contribution in [-0.4, -0.2) is 35.6 Å². The van der Waals surface area contributed by atoms with Gasteiger partial charge in [-0.25, -0.2) is 4.98 Å². The van der Waals surface area contributed by atoms with E-state index >= 15 is 0 Å². The highest BCUT2D eigenvalue weighted by molar-refractivity contribution is 6.30. The molecule has 2 heterocycles. The molecule has 2 aromatic rings. The van der Waals surface area contributed by atoms with Gasteiger partial charge in [-0.3, -0.25) is 4.90 Å². The predicted molar refractivity (Wildman–Crippen MR) is 86.9 cm³/mol. The van der Waals surface area contributed by atoms with Gasteiger partial charge in [-0.1, -0.05) is 23.7 Å². The number of oxazole rings is 1. The van der Waals surface area contributed by atoms with Crippen molar-refractivity contribution >= 4 is 24.0 Å². The van der Waals surface area contributed by atoms with E-state index in [1.807, 2.05) is 24.3 Å². The van der Waals surface area contributed by atoms with Crippen molar-refractivity contribution in [2.75, 3.05) is 19.6 Å². The molecule has 21 heavy (non-hydrogen) atoms. The minimum atomic E-state index is 0. The third-order valence-electron chi connectivity index (χ3n) is 3.47. The maximum atomic E-state index is 6.00. The fourth-order valence-corrected chi connectivity index (χ4v) is 2.70. The summed E-state index contributed by atoms with van der Waals surface area (Å²) in [4.78, 5) is 6.73.